The quantitative estimate of drug-likeness (QED) is 0.278. The largest absolute Gasteiger partial charge is 0.481 e. The van der Waals surface area contributed by atoms with Gasteiger partial charge < -0.3 is 9.52 Å². The van der Waals surface area contributed by atoms with Crippen LogP contribution in [0, 0.1) is 11.3 Å². The van der Waals surface area contributed by atoms with E-state index in [0.717, 1.165) is 52.1 Å². The molecule has 6 rings (SSSR count). The second-order valence-electron chi connectivity index (χ2n) is 10.1. The third kappa shape index (κ3) is 4.54. The smallest absolute Gasteiger partial charge is 0.313 e. The molecule has 4 aromatic rings. The molecule has 0 saturated heterocycles. The third-order valence-corrected chi connectivity index (χ3v) is 7.68. The molecule has 1 N–H and O–H groups in total. The van der Waals surface area contributed by atoms with E-state index in [-0.39, 0.29) is 5.92 Å². The summed E-state index contributed by atoms with van der Waals surface area (Å²) in [6.07, 6.45) is 10.7. The van der Waals surface area contributed by atoms with Gasteiger partial charge in [0.05, 0.1) is 5.41 Å². The van der Waals surface area contributed by atoms with E-state index in [0.29, 0.717) is 18.7 Å². The van der Waals surface area contributed by atoms with Crippen molar-refractivity contribution in [3.8, 4) is 22.6 Å². The Balaban J connectivity index is 1.34. The monoisotopic (exact) mass is 499 g/mol. The Morgan fingerprint density at radius 2 is 1.53 bits per heavy atom. The predicted octanol–water partition coefficient (Wildman–Crippen LogP) is 8.31. The number of carboxylic acids is 1. The predicted molar refractivity (Wildman–Crippen MR) is 151 cm³/mol. The maximum atomic E-state index is 12.8. The van der Waals surface area contributed by atoms with Gasteiger partial charge in [-0.05, 0) is 42.7 Å². The highest BCUT2D eigenvalue weighted by atomic mass is 16.4. The number of hydrogen-bond acceptors (Lipinski definition) is 3. The summed E-state index contributed by atoms with van der Waals surface area (Å²) in [5, 5.41) is 10.5. The molecular weight excluding hydrogens is 470 g/mol. The van der Waals surface area contributed by atoms with Crippen LogP contribution in [0.1, 0.15) is 37.1 Å². The van der Waals surface area contributed by atoms with Crippen molar-refractivity contribution in [1.82, 2.24) is 4.98 Å². The molecule has 0 saturated carbocycles. The lowest BCUT2D eigenvalue weighted by atomic mass is 9.70. The van der Waals surface area contributed by atoms with E-state index < -0.39 is 11.4 Å². The molecule has 0 radical (unpaired) electrons. The Labute approximate surface area is 222 Å². The molecule has 0 spiro atoms. The van der Waals surface area contributed by atoms with Crippen LogP contribution >= 0.6 is 0 Å². The summed E-state index contributed by atoms with van der Waals surface area (Å²) in [5.74, 6) is 0.572. The van der Waals surface area contributed by atoms with Gasteiger partial charge in [-0.2, -0.15) is 0 Å². The molecule has 0 aliphatic heterocycles. The van der Waals surface area contributed by atoms with E-state index in [4.69, 9.17) is 9.40 Å². The lowest BCUT2D eigenvalue weighted by Gasteiger charge is -2.32. The molecule has 0 fully saturated rings. The first-order valence-corrected chi connectivity index (χ1v) is 13.1. The van der Waals surface area contributed by atoms with E-state index in [1.165, 1.54) is 0 Å². The highest BCUT2D eigenvalue weighted by Crippen LogP contribution is 2.48. The van der Waals surface area contributed by atoms with E-state index in [9.17, 15) is 9.90 Å². The number of nitrogens with zero attached hydrogens (tertiary/aromatic N) is 1. The van der Waals surface area contributed by atoms with Gasteiger partial charge in [0.1, 0.15) is 5.69 Å². The Bertz CT molecular complexity index is 1470. The van der Waals surface area contributed by atoms with E-state index in [2.05, 4.69) is 6.08 Å². The molecule has 4 heteroatoms. The van der Waals surface area contributed by atoms with Gasteiger partial charge in [-0.3, -0.25) is 4.79 Å². The molecule has 2 atom stereocenters. The summed E-state index contributed by atoms with van der Waals surface area (Å²) in [5.41, 5.74) is 4.91. The molecule has 2 unspecified atom stereocenters. The van der Waals surface area contributed by atoms with Gasteiger partial charge in [0.15, 0.2) is 5.76 Å². The first-order valence-electron chi connectivity index (χ1n) is 13.1. The fraction of sp³-hybridized carbons (Fsp3) is 0.176. The van der Waals surface area contributed by atoms with E-state index in [1.54, 1.807) is 0 Å². The fourth-order valence-electron chi connectivity index (χ4n) is 5.73. The van der Waals surface area contributed by atoms with Crippen molar-refractivity contribution in [1.29, 1.82) is 0 Å². The maximum absolute atomic E-state index is 12.8. The Morgan fingerprint density at radius 3 is 2.18 bits per heavy atom. The number of oxazole rings is 1. The average molecular weight is 500 g/mol. The zero-order valence-electron chi connectivity index (χ0n) is 21.1. The number of aliphatic carboxylic acids is 1. The molecule has 2 aliphatic carbocycles. The Morgan fingerprint density at radius 1 is 0.895 bits per heavy atom. The number of benzene rings is 3. The minimum Gasteiger partial charge on any atom is -0.481 e. The maximum Gasteiger partial charge on any atom is 0.313 e. The van der Waals surface area contributed by atoms with Gasteiger partial charge in [-0.1, -0.05) is 115 Å². The molecule has 0 bridgehead atoms. The normalized spacial score (nSPS) is 20.7. The van der Waals surface area contributed by atoms with Crippen LogP contribution in [0.4, 0.5) is 0 Å². The van der Waals surface area contributed by atoms with Crippen LogP contribution in [0.5, 0.6) is 0 Å². The first-order chi connectivity index (χ1) is 18.6. The second-order valence-corrected chi connectivity index (χ2v) is 10.1. The molecule has 4 nitrogen and oxygen atoms in total. The van der Waals surface area contributed by atoms with Crippen LogP contribution in [0.3, 0.4) is 0 Å². The highest BCUT2D eigenvalue weighted by molar-refractivity contribution is 5.84. The summed E-state index contributed by atoms with van der Waals surface area (Å²) in [4.78, 5) is 17.8. The molecule has 188 valence electrons. The zero-order valence-corrected chi connectivity index (χ0v) is 21.1. The Kier molecular flexibility index (Phi) is 6.38. The molecular formula is C34H29NO3. The first kappa shape index (κ1) is 23.9. The van der Waals surface area contributed by atoms with Gasteiger partial charge in [0, 0.05) is 16.7 Å². The molecule has 1 aromatic heterocycles. The van der Waals surface area contributed by atoms with E-state index in [1.807, 2.05) is 109 Å². The summed E-state index contributed by atoms with van der Waals surface area (Å²) in [6.45, 7) is 0. The topological polar surface area (TPSA) is 63.3 Å². The van der Waals surface area contributed by atoms with Gasteiger partial charge in [0.25, 0.3) is 0 Å². The summed E-state index contributed by atoms with van der Waals surface area (Å²) in [6, 6.07) is 30.1. The average Bonchev–Trinajstić information content (AvgIpc) is 3.62. The number of hydrogen-bond donors (Lipinski definition) is 1. The van der Waals surface area contributed by atoms with Crippen LogP contribution in [0.25, 0.3) is 33.7 Å². The zero-order chi connectivity index (χ0) is 26.0. The number of carbonyl (C=O) groups is 1. The third-order valence-electron chi connectivity index (χ3n) is 7.68. The second kappa shape index (κ2) is 10.1. The summed E-state index contributed by atoms with van der Waals surface area (Å²) < 4.78 is 6.49. The van der Waals surface area contributed by atoms with E-state index >= 15 is 0 Å². The van der Waals surface area contributed by atoms with Crippen molar-refractivity contribution >= 4 is 17.1 Å². The van der Waals surface area contributed by atoms with Gasteiger partial charge in [0.2, 0.25) is 5.89 Å². The molecule has 38 heavy (non-hydrogen) atoms. The van der Waals surface area contributed by atoms with Crippen LogP contribution in [-0.4, -0.2) is 16.1 Å². The van der Waals surface area contributed by atoms with Crippen molar-refractivity contribution in [2.75, 3.05) is 0 Å². The SMILES string of the molecule is O=C(O)C1(CC2CCC=C2c2nc(-c3ccccc3)c(-c3ccccc3)o2)C=CC=C(c2ccccc2)C1. The standard InChI is InChI=1S/C34H29NO3/c36-33(37)34(21-11-19-27(22-34)24-12-4-1-5-13-24)23-28-18-10-20-29(28)32-35-30(25-14-6-2-7-15-25)31(38-32)26-16-8-3-9-17-26/h1-9,11-17,19-21,28H,10,18,22-23H2,(H,36,37). The van der Waals surface area contributed by atoms with Crippen LogP contribution in [0.2, 0.25) is 0 Å². The van der Waals surface area contributed by atoms with Crippen molar-refractivity contribution in [3.05, 3.63) is 127 Å². The molecule has 2 aliphatic rings. The van der Waals surface area contributed by atoms with Gasteiger partial charge >= 0.3 is 5.97 Å². The van der Waals surface area contributed by atoms with Crippen molar-refractivity contribution in [3.63, 3.8) is 0 Å². The number of aromatic nitrogens is 1. The van der Waals surface area contributed by atoms with Gasteiger partial charge in [-0.25, -0.2) is 4.98 Å². The number of allylic oxidation sites excluding steroid dienone is 5. The number of rotatable bonds is 7. The summed E-state index contributed by atoms with van der Waals surface area (Å²) in [7, 11) is 0. The molecule has 1 heterocycles. The van der Waals surface area contributed by atoms with Crippen molar-refractivity contribution < 1.29 is 14.3 Å². The highest BCUT2D eigenvalue weighted by Gasteiger charge is 2.42. The Hall–Kier alpha value is -4.44. The molecule has 0 amide bonds. The van der Waals surface area contributed by atoms with Crippen molar-refractivity contribution in [2.24, 2.45) is 11.3 Å². The lowest BCUT2D eigenvalue weighted by molar-refractivity contribution is -0.146. The van der Waals surface area contributed by atoms with Gasteiger partial charge in [-0.15, -0.1) is 0 Å². The number of carboxylic acid groups (broad SMARTS) is 1. The van der Waals surface area contributed by atoms with Crippen molar-refractivity contribution in [2.45, 2.75) is 25.7 Å². The van der Waals surface area contributed by atoms with Crippen LogP contribution in [0.15, 0.2) is 120 Å². The fourth-order valence-corrected chi connectivity index (χ4v) is 5.73. The molecule has 3 aromatic carbocycles. The lowest BCUT2D eigenvalue weighted by Crippen LogP contribution is -2.33. The summed E-state index contributed by atoms with van der Waals surface area (Å²) >= 11 is 0. The van der Waals surface area contributed by atoms with Crippen LogP contribution < -0.4 is 0 Å². The minimum absolute atomic E-state index is 0.0387. The van der Waals surface area contributed by atoms with Crippen LogP contribution in [-0.2, 0) is 4.79 Å². The minimum atomic E-state index is -0.981.